The summed E-state index contributed by atoms with van der Waals surface area (Å²) in [7, 11) is 1.67. The van der Waals surface area contributed by atoms with E-state index in [0.717, 1.165) is 17.9 Å². The molecule has 1 aromatic heterocycles. The molecule has 0 aliphatic rings. The quantitative estimate of drug-likeness (QED) is 0.778. The lowest BCUT2D eigenvalue weighted by Crippen LogP contribution is -2.29. The van der Waals surface area contributed by atoms with E-state index in [0.29, 0.717) is 12.2 Å². The molecule has 2 N–H and O–H groups in total. The zero-order valence-electron chi connectivity index (χ0n) is 14.0. The minimum absolute atomic E-state index is 0.189. The highest BCUT2D eigenvalue weighted by Crippen LogP contribution is 2.18. The smallest absolute Gasteiger partial charge is 0.132 e. The van der Waals surface area contributed by atoms with Gasteiger partial charge in [0.25, 0.3) is 0 Å². The van der Waals surface area contributed by atoms with Crippen LogP contribution in [0.3, 0.4) is 0 Å². The highest BCUT2D eigenvalue weighted by Gasteiger charge is 2.14. The third-order valence-electron chi connectivity index (χ3n) is 3.71. The Morgan fingerprint density at radius 1 is 1.30 bits per heavy atom. The van der Waals surface area contributed by atoms with Crippen LogP contribution in [-0.4, -0.2) is 24.8 Å². The molecule has 0 fully saturated rings. The molecular formula is C19H25NO3. The van der Waals surface area contributed by atoms with Gasteiger partial charge in [0, 0.05) is 12.6 Å². The molecule has 2 unspecified atom stereocenters. The minimum Gasteiger partial charge on any atom is -0.497 e. The Morgan fingerprint density at radius 3 is 2.65 bits per heavy atom. The summed E-state index contributed by atoms with van der Waals surface area (Å²) in [5.74, 6) is 1.47. The zero-order chi connectivity index (χ0) is 16.7. The number of aliphatic hydroxyl groups is 1. The monoisotopic (exact) mass is 315 g/mol. The second kappa shape index (κ2) is 8.56. The normalized spacial score (nSPS) is 14.5. The van der Waals surface area contributed by atoms with Crippen LogP contribution in [-0.2, 0) is 0 Å². The average molecular weight is 315 g/mol. The molecular weight excluding hydrogens is 290 g/mol. The molecule has 0 amide bonds. The average Bonchev–Trinajstić information content (AvgIpc) is 3.08. The molecule has 0 saturated carbocycles. The SMILES string of the molecule is COc1ccc(/C=C(/C)CNC(C)CC(O)c2ccco2)cc1. The molecule has 124 valence electrons. The zero-order valence-corrected chi connectivity index (χ0v) is 14.0. The molecule has 0 aliphatic heterocycles. The second-order valence-corrected chi connectivity index (χ2v) is 5.81. The number of hydrogen-bond acceptors (Lipinski definition) is 4. The van der Waals surface area contributed by atoms with E-state index in [1.54, 1.807) is 25.5 Å². The Morgan fingerprint density at radius 2 is 2.04 bits per heavy atom. The van der Waals surface area contributed by atoms with Crippen molar-refractivity contribution in [1.29, 1.82) is 0 Å². The fourth-order valence-corrected chi connectivity index (χ4v) is 2.39. The molecule has 0 radical (unpaired) electrons. The van der Waals surface area contributed by atoms with Gasteiger partial charge >= 0.3 is 0 Å². The number of aliphatic hydroxyl groups excluding tert-OH is 1. The van der Waals surface area contributed by atoms with Crippen LogP contribution in [0, 0.1) is 0 Å². The van der Waals surface area contributed by atoms with E-state index >= 15 is 0 Å². The largest absolute Gasteiger partial charge is 0.497 e. The van der Waals surface area contributed by atoms with Crippen LogP contribution >= 0.6 is 0 Å². The van der Waals surface area contributed by atoms with Gasteiger partial charge < -0.3 is 19.6 Å². The van der Waals surface area contributed by atoms with E-state index in [1.807, 2.05) is 24.3 Å². The summed E-state index contributed by atoms with van der Waals surface area (Å²) in [4.78, 5) is 0. The van der Waals surface area contributed by atoms with Gasteiger partial charge in [-0.05, 0) is 50.1 Å². The van der Waals surface area contributed by atoms with Crippen LogP contribution in [0.5, 0.6) is 5.75 Å². The van der Waals surface area contributed by atoms with Crippen molar-refractivity contribution in [1.82, 2.24) is 5.32 Å². The summed E-state index contributed by atoms with van der Waals surface area (Å²) in [6.07, 6.45) is 3.77. The highest BCUT2D eigenvalue weighted by molar-refractivity contribution is 5.53. The van der Waals surface area contributed by atoms with Crippen molar-refractivity contribution in [3.63, 3.8) is 0 Å². The van der Waals surface area contributed by atoms with Gasteiger partial charge in [-0.15, -0.1) is 0 Å². The summed E-state index contributed by atoms with van der Waals surface area (Å²) in [6, 6.07) is 11.8. The number of furan rings is 1. The third-order valence-corrected chi connectivity index (χ3v) is 3.71. The van der Waals surface area contributed by atoms with Crippen LogP contribution in [0.1, 0.15) is 37.7 Å². The molecule has 2 rings (SSSR count). The first kappa shape index (κ1) is 17.3. The first-order valence-electron chi connectivity index (χ1n) is 7.84. The van der Waals surface area contributed by atoms with Gasteiger partial charge in [0.1, 0.15) is 17.6 Å². The van der Waals surface area contributed by atoms with Crippen molar-refractivity contribution in [3.05, 3.63) is 59.6 Å². The fourth-order valence-electron chi connectivity index (χ4n) is 2.39. The molecule has 1 heterocycles. The van der Waals surface area contributed by atoms with Gasteiger partial charge in [-0.3, -0.25) is 0 Å². The lowest BCUT2D eigenvalue weighted by molar-refractivity contribution is 0.129. The molecule has 23 heavy (non-hydrogen) atoms. The van der Waals surface area contributed by atoms with E-state index in [1.165, 1.54) is 5.57 Å². The second-order valence-electron chi connectivity index (χ2n) is 5.81. The summed E-state index contributed by atoms with van der Waals surface area (Å²) in [5.41, 5.74) is 2.38. The molecule has 2 aromatic rings. The summed E-state index contributed by atoms with van der Waals surface area (Å²) in [5, 5.41) is 13.5. The highest BCUT2D eigenvalue weighted by atomic mass is 16.5. The van der Waals surface area contributed by atoms with Gasteiger partial charge in [0.15, 0.2) is 0 Å². The van der Waals surface area contributed by atoms with E-state index in [4.69, 9.17) is 9.15 Å². The Kier molecular flexibility index (Phi) is 6.44. The Labute approximate surface area is 137 Å². The van der Waals surface area contributed by atoms with Crippen molar-refractivity contribution >= 4 is 6.08 Å². The maximum atomic E-state index is 10.1. The number of rotatable bonds is 8. The summed E-state index contributed by atoms with van der Waals surface area (Å²) >= 11 is 0. The van der Waals surface area contributed by atoms with Crippen LogP contribution < -0.4 is 10.1 Å². The van der Waals surface area contributed by atoms with Gasteiger partial charge in [0.2, 0.25) is 0 Å². The Bertz CT molecular complexity index is 602. The first-order valence-corrected chi connectivity index (χ1v) is 7.84. The first-order chi connectivity index (χ1) is 11.1. The van der Waals surface area contributed by atoms with Crippen LogP contribution in [0.2, 0.25) is 0 Å². The standard InChI is InChI=1S/C19H25NO3/c1-14(11-16-6-8-17(22-3)9-7-16)13-20-15(2)12-18(21)19-5-4-10-23-19/h4-11,15,18,20-21H,12-13H2,1-3H3/b14-11-. The Balaban J connectivity index is 1.80. The summed E-state index contributed by atoms with van der Waals surface area (Å²) in [6.45, 7) is 4.93. The van der Waals surface area contributed by atoms with Gasteiger partial charge in [-0.25, -0.2) is 0 Å². The predicted octanol–water partition coefficient (Wildman–Crippen LogP) is 3.79. The van der Waals surface area contributed by atoms with E-state index in [2.05, 4.69) is 25.2 Å². The molecule has 4 nitrogen and oxygen atoms in total. The Hall–Kier alpha value is -2.04. The van der Waals surface area contributed by atoms with Crippen molar-refractivity contribution < 1.29 is 14.3 Å². The topological polar surface area (TPSA) is 54.6 Å². The van der Waals surface area contributed by atoms with Gasteiger partial charge in [-0.1, -0.05) is 23.8 Å². The van der Waals surface area contributed by atoms with Gasteiger partial charge in [0.05, 0.1) is 13.4 Å². The number of benzene rings is 1. The van der Waals surface area contributed by atoms with Crippen molar-refractivity contribution in [2.45, 2.75) is 32.4 Å². The summed E-state index contributed by atoms with van der Waals surface area (Å²) < 4.78 is 10.4. The predicted molar refractivity (Wildman–Crippen MR) is 92.4 cm³/mol. The molecule has 2 atom stereocenters. The molecule has 1 aromatic carbocycles. The lowest BCUT2D eigenvalue weighted by atomic mass is 10.1. The minimum atomic E-state index is -0.571. The maximum Gasteiger partial charge on any atom is 0.132 e. The van der Waals surface area contributed by atoms with Crippen molar-refractivity contribution in [2.24, 2.45) is 0 Å². The van der Waals surface area contributed by atoms with Crippen LogP contribution in [0.4, 0.5) is 0 Å². The molecule has 0 saturated heterocycles. The number of hydrogen-bond donors (Lipinski definition) is 2. The fraction of sp³-hybridized carbons (Fsp3) is 0.368. The van der Waals surface area contributed by atoms with E-state index < -0.39 is 6.10 Å². The van der Waals surface area contributed by atoms with Gasteiger partial charge in [-0.2, -0.15) is 0 Å². The van der Waals surface area contributed by atoms with Crippen molar-refractivity contribution in [2.75, 3.05) is 13.7 Å². The van der Waals surface area contributed by atoms with Crippen molar-refractivity contribution in [3.8, 4) is 5.75 Å². The van der Waals surface area contributed by atoms with E-state index in [9.17, 15) is 5.11 Å². The third kappa shape index (κ3) is 5.58. The number of ether oxygens (including phenoxy) is 1. The van der Waals surface area contributed by atoms with E-state index in [-0.39, 0.29) is 6.04 Å². The lowest BCUT2D eigenvalue weighted by Gasteiger charge is -2.17. The number of methoxy groups -OCH3 is 1. The van der Waals surface area contributed by atoms with Crippen LogP contribution in [0.25, 0.3) is 6.08 Å². The number of nitrogens with one attached hydrogen (secondary N) is 1. The molecule has 0 spiro atoms. The molecule has 4 heteroatoms. The maximum absolute atomic E-state index is 10.1. The van der Waals surface area contributed by atoms with Crippen LogP contribution in [0.15, 0.2) is 52.7 Å². The molecule has 0 bridgehead atoms. The molecule has 0 aliphatic carbocycles.